The summed E-state index contributed by atoms with van der Waals surface area (Å²) in [7, 11) is 0. The number of hydrogen-bond donors (Lipinski definition) is 2. The second-order valence-electron chi connectivity index (χ2n) is 3.81. The Bertz CT molecular complexity index is 330. The van der Waals surface area contributed by atoms with Crippen LogP contribution in [0.3, 0.4) is 0 Å². The molecule has 1 aliphatic rings. The van der Waals surface area contributed by atoms with Crippen LogP contribution in [0.2, 0.25) is 0 Å². The summed E-state index contributed by atoms with van der Waals surface area (Å²) in [6.45, 7) is 2.93. The molecular formula is C11H16N2O. The summed E-state index contributed by atoms with van der Waals surface area (Å²) >= 11 is 0. The smallest absolute Gasteiger partial charge is 0.126 e. The van der Waals surface area contributed by atoms with Gasteiger partial charge in [0, 0.05) is 23.7 Å². The maximum Gasteiger partial charge on any atom is 0.126 e. The van der Waals surface area contributed by atoms with Crippen LogP contribution in [-0.4, -0.2) is 11.8 Å². The minimum Gasteiger partial charge on any atom is -0.467 e. The highest BCUT2D eigenvalue weighted by Crippen LogP contribution is 2.19. The Morgan fingerprint density at radius 3 is 3.29 bits per heavy atom. The lowest BCUT2D eigenvalue weighted by Gasteiger charge is -2.13. The molecule has 1 atom stereocenters. The number of furan rings is 1. The number of fused-ring (bicyclic) bond motifs is 1. The zero-order valence-corrected chi connectivity index (χ0v) is 8.47. The van der Waals surface area contributed by atoms with E-state index in [1.54, 1.807) is 6.26 Å². The lowest BCUT2D eigenvalue weighted by atomic mass is 10.0. The van der Waals surface area contributed by atoms with Gasteiger partial charge in [0.05, 0.1) is 12.8 Å². The van der Waals surface area contributed by atoms with Gasteiger partial charge in [0.15, 0.2) is 0 Å². The van der Waals surface area contributed by atoms with Crippen molar-refractivity contribution in [1.82, 2.24) is 5.32 Å². The zero-order chi connectivity index (χ0) is 9.97. The first-order valence-corrected chi connectivity index (χ1v) is 5.18. The molecule has 3 nitrogen and oxygen atoms in total. The Morgan fingerprint density at radius 2 is 2.50 bits per heavy atom. The van der Waals surface area contributed by atoms with Crippen molar-refractivity contribution in [2.75, 3.05) is 0 Å². The third-order valence-corrected chi connectivity index (χ3v) is 2.71. The standard InChI is InChI=1S/C11H16N2O/c1-2-3-8-6-10(12)9-4-5-14-11(9)7-13-8/h4-5,8,12-13H,2-3,6-7H2,1H3. The average molecular weight is 192 g/mol. The first kappa shape index (κ1) is 9.46. The minimum atomic E-state index is 0.440. The van der Waals surface area contributed by atoms with Crippen molar-refractivity contribution in [3.8, 4) is 0 Å². The molecule has 0 amide bonds. The van der Waals surface area contributed by atoms with Crippen molar-refractivity contribution in [2.24, 2.45) is 0 Å². The molecule has 1 unspecified atom stereocenters. The summed E-state index contributed by atoms with van der Waals surface area (Å²) in [6.07, 6.45) is 4.78. The molecule has 1 aliphatic heterocycles. The first-order valence-electron chi connectivity index (χ1n) is 5.18. The fourth-order valence-corrected chi connectivity index (χ4v) is 1.96. The van der Waals surface area contributed by atoms with E-state index in [9.17, 15) is 0 Å². The Balaban J connectivity index is 2.14. The summed E-state index contributed by atoms with van der Waals surface area (Å²) < 4.78 is 5.33. The molecule has 0 aliphatic carbocycles. The molecule has 2 heterocycles. The summed E-state index contributed by atoms with van der Waals surface area (Å²) in [6, 6.07) is 2.34. The van der Waals surface area contributed by atoms with Gasteiger partial charge in [0.2, 0.25) is 0 Å². The van der Waals surface area contributed by atoms with E-state index < -0.39 is 0 Å². The minimum absolute atomic E-state index is 0.440. The molecule has 0 saturated carbocycles. The Kier molecular flexibility index (Phi) is 2.68. The SMILES string of the molecule is CCCC1CC(=N)c2ccoc2CN1. The predicted octanol–water partition coefficient (Wildman–Crippen LogP) is 2.31. The molecule has 3 heteroatoms. The van der Waals surface area contributed by atoms with Gasteiger partial charge < -0.3 is 15.1 Å². The van der Waals surface area contributed by atoms with E-state index in [-0.39, 0.29) is 0 Å². The van der Waals surface area contributed by atoms with Crippen LogP contribution in [0.25, 0.3) is 0 Å². The predicted molar refractivity (Wildman–Crippen MR) is 55.7 cm³/mol. The van der Waals surface area contributed by atoms with Crippen molar-refractivity contribution in [3.05, 3.63) is 23.7 Å². The second-order valence-corrected chi connectivity index (χ2v) is 3.81. The molecule has 2 rings (SSSR count). The van der Waals surface area contributed by atoms with Gasteiger partial charge in [0.1, 0.15) is 5.76 Å². The van der Waals surface area contributed by atoms with Gasteiger partial charge >= 0.3 is 0 Å². The molecule has 0 bridgehead atoms. The van der Waals surface area contributed by atoms with E-state index >= 15 is 0 Å². The van der Waals surface area contributed by atoms with E-state index in [1.165, 1.54) is 0 Å². The topological polar surface area (TPSA) is 49.0 Å². The molecule has 76 valence electrons. The number of nitrogens with one attached hydrogen (secondary N) is 2. The van der Waals surface area contributed by atoms with Gasteiger partial charge in [-0.15, -0.1) is 0 Å². The fraction of sp³-hybridized carbons (Fsp3) is 0.545. The Labute approximate surface area is 84.0 Å². The zero-order valence-electron chi connectivity index (χ0n) is 8.47. The first-order chi connectivity index (χ1) is 6.81. The van der Waals surface area contributed by atoms with Gasteiger partial charge in [-0.3, -0.25) is 0 Å². The normalized spacial score (nSPS) is 21.8. The van der Waals surface area contributed by atoms with E-state index in [1.807, 2.05) is 6.07 Å². The van der Waals surface area contributed by atoms with E-state index in [0.29, 0.717) is 11.8 Å². The van der Waals surface area contributed by atoms with Gasteiger partial charge in [0.25, 0.3) is 0 Å². The van der Waals surface area contributed by atoms with Crippen LogP contribution < -0.4 is 5.32 Å². The molecule has 1 aromatic heterocycles. The third kappa shape index (κ3) is 1.73. The van der Waals surface area contributed by atoms with Crippen LogP contribution in [0.1, 0.15) is 37.5 Å². The summed E-state index contributed by atoms with van der Waals surface area (Å²) in [5.41, 5.74) is 1.69. The highest BCUT2D eigenvalue weighted by Gasteiger charge is 2.20. The molecule has 1 aromatic rings. The van der Waals surface area contributed by atoms with E-state index in [4.69, 9.17) is 9.83 Å². The molecule has 2 N–H and O–H groups in total. The lowest BCUT2D eigenvalue weighted by molar-refractivity contribution is 0.438. The van der Waals surface area contributed by atoms with E-state index in [2.05, 4.69) is 12.2 Å². The number of hydrogen-bond acceptors (Lipinski definition) is 3. The largest absolute Gasteiger partial charge is 0.467 e. The molecule has 0 spiro atoms. The fourth-order valence-electron chi connectivity index (χ4n) is 1.96. The summed E-state index contributed by atoms with van der Waals surface area (Å²) in [5.74, 6) is 0.911. The lowest BCUT2D eigenvalue weighted by Crippen LogP contribution is -2.28. The average Bonchev–Trinajstić information content (AvgIpc) is 2.57. The van der Waals surface area contributed by atoms with Gasteiger partial charge in [-0.2, -0.15) is 0 Å². The van der Waals surface area contributed by atoms with Crippen molar-refractivity contribution >= 4 is 5.71 Å². The van der Waals surface area contributed by atoms with Crippen molar-refractivity contribution in [2.45, 2.75) is 38.8 Å². The highest BCUT2D eigenvalue weighted by atomic mass is 16.3. The van der Waals surface area contributed by atoms with Gasteiger partial charge in [-0.1, -0.05) is 13.3 Å². The molecule has 0 saturated heterocycles. The molecular weight excluding hydrogens is 176 g/mol. The highest BCUT2D eigenvalue weighted by molar-refractivity contribution is 5.99. The van der Waals surface area contributed by atoms with Gasteiger partial charge in [-0.25, -0.2) is 0 Å². The monoisotopic (exact) mass is 192 g/mol. The Hall–Kier alpha value is -1.09. The van der Waals surface area contributed by atoms with Crippen LogP contribution in [0.5, 0.6) is 0 Å². The Morgan fingerprint density at radius 1 is 1.64 bits per heavy atom. The second kappa shape index (κ2) is 3.96. The van der Waals surface area contributed by atoms with Crippen molar-refractivity contribution in [1.29, 1.82) is 5.41 Å². The van der Waals surface area contributed by atoms with Crippen LogP contribution >= 0.6 is 0 Å². The molecule has 0 radical (unpaired) electrons. The van der Waals surface area contributed by atoms with Crippen LogP contribution in [0.4, 0.5) is 0 Å². The maximum atomic E-state index is 7.94. The molecule has 0 fully saturated rings. The molecule has 14 heavy (non-hydrogen) atoms. The van der Waals surface area contributed by atoms with Gasteiger partial charge in [-0.05, 0) is 12.5 Å². The summed E-state index contributed by atoms with van der Waals surface area (Å²) in [5, 5.41) is 11.4. The van der Waals surface area contributed by atoms with Crippen LogP contribution in [-0.2, 0) is 6.54 Å². The summed E-state index contributed by atoms with van der Waals surface area (Å²) in [4.78, 5) is 0. The third-order valence-electron chi connectivity index (χ3n) is 2.71. The van der Waals surface area contributed by atoms with Crippen molar-refractivity contribution < 1.29 is 4.42 Å². The quantitative estimate of drug-likeness (QED) is 0.755. The molecule has 0 aromatic carbocycles. The van der Waals surface area contributed by atoms with Crippen molar-refractivity contribution in [3.63, 3.8) is 0 Å². The maximum absolute atomic E-state index is 7.94. The van der Waals surface area contributed by atoms with Crippen LogP contribution in [0.15, 0.2) is 16.7 Å². The van der Waals surface area contributed by atoms with E-state index in [0.717, 1.165) is 37.1 Å². The van der Waals surface area contributed by atoms with Crippen LogP contribution in [0, 0.1) is 5.41 Å². The number of rotatable bonds is 2.